The summed E-state index contributed by atoms with van der Waals surface area (Å²) < 4.78 is 12.7. The molecule has 6 nitrogen and oxygen atoms in total. The average molecular weight is 301 g/mol. The second-order valence-corrected chi connectivity index (χ2v) is 5.29. The van der Waals surface area contributed by atoms with E-state index in [1.165, 1.54) is 12.6 Å². The number of aromatic nitrogens is 3. The van der Waals surface area contributed by atoms with Crippen LogP contribution in [0.1, 0.15) is 36.0 Å². The SMILES string of the molecule is O=C(OCC[C@H]1CCCCO1)c1ccc(-n2ccnc2)nc1. The Morgan fingerprint density at radius 1 is 1.41 bits per heavy atom. The highest BCUT2D eigenvalue weighted by molar-refractivity contribution is 5.89. The number of pyridine rings is 1. The lowest BCUT2D eigenvalue weighted by Crippen LogP contribution is -2.21. The van der Waals surface area contributed by atoms with Gasteiger partial charge in [0.05, 0.1) is 18.3 Å². The number of imidazole rings is 1. The molecule has 1 saturated heterocycles. The molecule has 2 aromatic heterocycles. The monoisotopic (exact) mass is 301 g/mol. The molecule has 0 spiro atoms. The topological polar surface area (TPSA) is 66.2 Å². The Morgan fingerprint density at radius 3 is 3.05 bits per heavy atom. The molecule has 1 fully saturated rings. The fraction of sp³-hybridized carbons (Fsp3) is 0.438. The van der Waals surface area contributed by atoms with Gasteiger partial charge < -0.3 is 9.47 Å². The van der Waals surface area contributed by atoms with Crippen molar-refractivity contribution in [1.29, 1.82) is 0 Å². The molecule has 6 heteroatoms. The number of carbonyl (C=O) groups excluding carboxylic acids is 1. The zero-order valence-corrected chi connectivity index (χ0v) is 12.4. The van der Waals surface area contributed by atoms with E-state index in [4.69, 9.17) is 9.47 Å². The second-order valence-electron chi connectivity index (χ2n) is 5.29. The summed E-state index contributed by atoms with van der Waals surface area (Å²) in [5, 5.41) is 0. The Morgan fingerprint density at radius 2 is 2.36 bits per heavy atom. The van der Waals surface area contributed by atoms with Gasteiger partial charge in [0.2, 0.25) is 0 Å². The highest BCUT2D eigenvalue weighted by Gasteiger charge is 2.15. The molecule has 1 atom stereocenters. The zero-order valence-electron chi connectivity index (χ0n) is 12.4. The van der Waals surface area contributed by atoms with Crippen LogP contribution in [0, 0.1) is 0 Å². The maximum atomic E-state index is 12.0. The quantitative estimate of drug-likeness (QED) is 0.793. The molecule has 116 valence electrons. The normalized spacial score (nSPS) is 18.1. The van der Waals surface area contributed by atoms with E-state index in [0.29, 0.717) is 18.0 Å². The molecule has 1 aliphatic rings. The summed E-state index contributed by atoms with van der Waals surface area (Å²) in [6, 6.07) is 3.48. The minimum Gasteiger partial charge on any atom is -0.462 e. The summed E-state index contributed by atoms with van der Waals surface area (Å²) in [6.45, 7) is 1.20. The van der Waals surface area contributed by atoms with Crippen molar-refractivity contribution < 1.29 is 14.3 Å². The van der Waals surface area contributed by atoms with Crippen LogP contribution in [-0.2, 0) is 9.47 Å². The summed E-state index contributed by atoms with van der Waals surface area (Å²) in [4.78, 5) is 20.2. The van der Waals surface area contributed by atoms with Crippen LogP contribution < -0.4 is 0 Å². The van der Waals surface area contributed by atoms with Gasteiger partial charge in [0.25, 0.3) is 0 Å². The third-order valence-corrected chi connectivity index (χ3v) is 3.70. The molecule has 0 aliphatic carbocycles. The van der Waals surface area contributed by atoms with Gasteiger partial charge >= 0.3 is 5.97 Å². The van der Waals surface area contributed by atoms with Crippen LogP contribution in [-0.4, -0.2) is 39.8 Å². The first kappa shape index (κ1) is 14.7. The maximum absolute atomic E-state index is 12.0. The number of hydrogen-bond donors (Lipinski definition) is 0. The number of esters is 1. The van der Waals surface area contributed by atoms with Crippen molar-refractivity contribution in [3.8, 4) is 5.82 Å². The maximum Gasteiger partial charge on any atom is 0.339 e. The molecular formula is C16H19N3O3. The first-order chi connectivity index (χ1) is 10.8. The van der Waals surface area contributed by atoms with Crippen LogP contribution in [0.4, 0.5) is 0 Å². The lowest BCUT2D eigenvalue weighted by Gasteiger charge is -2.22. The first-order valence-electron chi connectivity index (χ1n) is 7.56. The molecule has 3 heterocycles. The number of hydrogen-bond acceptors (Lipinski definition) is 5. The predicted octanol–water partition coefficient (Wildman–Crippen LogP) is 2.38. The summed E-state index contributed by atoms with van der Waals surface area (Å²) in [5.74, 6) is 0.366. The summed E-state index contributed by atoms with van der Waals surface area (Å²) in [7, 11) is 0. The lowest BCUT2D eigenvalue weighted by atomic mass is 10.1. The van der Waals surface area contributed by atoms with Crippen molar-refractivity contribution in [2.24, 2.45) is 0 Å². The molecule has 3 rings (SSSR count). The molecule has 0 N–H and O–H groups in total. The van der Waals surface area contributed by atoms with E-state index in [1.807, 2.05) is 0 Å². The van der Waals surface area contributed by atoms with Crippen molar-refractivity contribution in [2.75, 3.05) is 13.2 Å². The second kappa shape index (κ2) is 7.17. The molecule has 0 saturated carbocycles. The minimum absolute atomic E-state index is 0.225. The van der Waals surface area contributed by atoms with Crippen molar-refractivity contribution in [2.45, 2.75) is 31.8 Å². The van der Waals surface area contributed by atoms with Crippen LogP contribution in [0.5, 0.6) is 0 Å². The van der Waals surface area contributed by atoms with Gasteiger partial charge in [-0.2, -0.15) is 0 Å². The molecule has 2 aromatic rings. The van der Waals surface area contributed by atoms with Crippen LogP contribution in [0.2, 0.25) is 0 Å². The molecule has 0 bridgehead atoms. The van der Waals surface area contributed by atoms with E-state index in [-0.39, 0.29) is 12.1 Å². The fourth-order valence-corrected chi connectivity index (χ4v) is 2.46. The molecule has 0 amide bonds. The van der Waals surface area contributed by atoms with Crippen molar-refractivity contribution >= 4 is 5.97 Å². The molecule has 1 aliphatic heterocycles. The highest BCUT2D eigenvalue weighted by Crippen LogP contribution is 2.15. The highest BCUT2D eigenvalue weighted by atomic mass is 16.5. The van der Waals surface area contributed by atoms with Gasteiger partial charge in [0.15, 0.2) is 0 Å². The van der Waals surface area contributed by atoms with Gasteiger partial charge in [-0.05, 0) is 31.4 Å². The Labute approximate surface area is 129 Å². The summed E-state index contributed by atoms with van der Waals surface area (Å²) >= 11 is 0. The van der Waals surface area contributed by atoms with Crippen molar-refractivity contribution in [1.82, 2.24) is 14.5 Å². The minimum atomic E-state index is -0.347. The summed E-state index contributed by atoms with van der Waals surface area (Å²) in [6.07, 6.45) is 11.0. The van der Waals surface area contributed by atoms with Gasteiger partial charge in [0, 0.05) is 31.6 Å². The lowest BCUT2D eigenvalue weighted by molar-refractivity contribution is -0.00446. The Bertz CT molecular complexity index is 590. The molecule has 0 radical (unpaired) electrons. The predicted molar refractivity (Wildman–Crippen MR) is 79.8 cm³/mol. The van der Waals surface area contributed by atoms with Gasteiger partial charge in [-0.15, -0.1) is 0 Å². The number of carbonyl (C=O) groups is 1. The Balaban J connectivity index is 1.49. The molecule has 22 heavy (non-hydrogen) atoms. The van der Waals surface area contributed by atoms with Gasteiger partial charge in [-0.3, -0.25) is 4.57 Å². The van der Waals surface area contributed by atoms with Crippen LogP contribution in [0.15, 0.2) is 37.1 Å². The molecular weight excluding hydrogens is 282 g/mol. The fourth-order valence-electron chi connectivity index (χ4n) is 2.46. The smallest absolute Gasteiger partial charge is 0.339 e. The van der Waals surface area contributed by atoms with E-state index in [1.54, 1.807) is 35.4 Å². The number of ether oxygens (including phenoxy) is 2. The van der Waals surface area contributed by atoms with Crippen molar-refractivity contribution in [3.63, 3.8) is 0 Å². The van der Waals surface area contributed by atoms with Gasteiger partial charge in [0.1, 0.15) is 12.1 Å². The van der Waals surface area contributed by atoms with Crippen LogP contribution in [0.3, 0.4) is 0 Å². The number of nitrogens with zero attached hydrogens (tertiary/aromatic N) is 3. The van der Waals surface area contributed by atoms with E-state index in [0.717, 1.165) is 25.9 Å². The standard InChI is InChI=1S/C16H19N3O3/c20-16(22-10-6-14-3-1-2-9-21-14)13-4-5-15(18-11-13)19-8-7-17-12-19/h4-5,7-8,11-12,14H,1-3,6,9-10H2/t14-/m1/s1. The zero-order chi connectivity index (χ0) is 15.2. The largest absolute Gasteiger partial charge is 0.462 e. The van der Waals surface area contributed by atoms with Crippen molar-refractivity contribution in [3.05, 3.63) is 42.6 Å². The van der Waals surface area contributed by atoms with E-state index < -0.39 is 0 Å². The number of rotatable bonds is 5. The van der Waals surface area contributed by atoms with E-state index in [2.05, 4.69) is 9.97 Å². The van der Waals surface area contributed by atoms with Gasteiger partial charge in [-0.1, -0.05) is 0 Å². The van der Waals surface area contributed by atoms with Gasteiger partial charge in [-0.25, -0.2) is 14.8 Å². The third-order valence-electron chi connectivity index (χ3n) is 3.70. The molecule has 0 aromatic carbocycles. The summed E-state index contributed by atoms with van der Waals surface area (Å²) in [5.41, 5.74) is 0.452. The average Bonchev–Trinajstić information content (AvgIpc) is 3.10. The van der Waals surface area contributed by atoms with Crippen LogP contribution in [0.25, 0.3) is 5.82 Å². The molecule has 0 unspecified atom stereocenters. The van der Waals surface area contributed by atoms with Crippen LogP contribution >= 0.6 is 0 Å². The Kier molecular flexibility index (Phi) is 4.80. The first-order valence-corrected chi connectivity index (χ1v) is 7.56. The third kappa shape index (κ3) is 3.71. The van der Waals surface area contributed by atoms with E-state index in [9.17, 15) is 4.79 Å². The van der Waals surface area contributed by atoms with E-state index >= 15 is 0 Å². The Hall–Kier alpha value is -2.21.